The van der Waals surface area contributed by atoms with Crippen molar-refractivity contribution in [2.45, 2.75) is 63.6 Å². The number of aromatic nitrogens is 1. The summed E-state index contributed by atoms with van der Waals surface area (Å²) in [7, 11) is 0. The number of aliphatic hydroxyl groups is 1. The molecular formula is C25H28F3N3O5. The van der Waals surface area contributed by atoms with E-state index in [-0.39, 0.29) is 18.4 Å². The Labute approximate surface area is 206 Å². The second kappa shape index (κ2) is 10.8. The molecule has 36 heavy (non-hydrogen) atoms. The molecule has 2 aliphatic rings. The molecule has 0 bridgehead atoms. The molecular weight excluding hydrogens is 479 g/mol. The van der Waals surface area contributed by atoms with Gasteiger partial charge in [-0.2, -0.15) is 0 Å². The Morgan fingerprint density at radius 3 is 2.58 bits per heavy atom. The molecule has 8 nitrogen and oxygen atoms in total. The van der Waals surface area contributed by atoms with Gasteiger partial charge in [0.15, 0.2) is 0 Å². The minimum Gasteiger partial charge on any atom is -0.492 e. The van der Waals surface area contributed by atoms with Crippen LogP contribution >= 0.6 is 0 Å². The maximum atomic E-state index is 12.9. The number of hydrogen-bond donors (Lipinski definition) is 3. The molecule has 1 aromatic carbocycles. The van der Waals surface area contributed by atoms with Gasteiger partial charge in [-0.05, 0) is 55.4 Å². The number of benzene rings is 1. The van der Waals surface area contributed by atoms with Gasteiger partial charge in [0.25, 0.3) is 11.8 Å². The molecule has 1 heterocycles. The summed E-state index contributed by atoms with van der Waals surface area (Å²) in [6.45, 7) is 2.48. The zero-order valence-electron chi connectivity index (χ0n) is 19.7. The molecule has 1 aromatic heterocycles. The van der Waals surface area contributed by atoms with Crippen molar-refractivity contribution in [1.82, 2.24) is 10.3 Å². The van der Waals surface area contributed by atoms with Crippen molar-refractivity contribution < 1.29 is 37.3 Å². The number of nitrogens with one attached hydrogen (secondary N) is 2. The molecule has 2 fully saturated rings. The van der Waals surface area contributed by atoms with Gasteiger partial charge < -0.3 is 20.5 Å². The predicted octanol–water partition coefficient (Wildman–Crippen LogP) is 3.84. The lowest BCUT2D eigenvalue weighted by Crippen LogP contribution is -2.40. The standard InChI is InChI=1S/C25H28F3N3O5/c1-2-15-5-6-16(23(33)31-21-9-18(10-22(21)32)36-25(26,27)28)8-20(15)30-24(34)17-7-19(12-29-11-17)35-13-14-3-4-14/h5-8,11-12,14,18,21-22,32H,2-4,9-10,13H2,1H3,(H,30,34)(H,31,33)/t18-,21-,22-/m0/s1. The first kappa shape index (κ1) is 25.9. The van der Waals surface area contributed by atoms with Gasteiger partial charge in [-0.1, -0.05) is 13.0 Å². The van der Waals surface area contributed by atoms with E-state index in [0.29, 0.717) is 35.9 Å². The Morgan fingerprint density at radius 2 is 1.89 bits per heavy atom. The van der Waals surface area contributed by atoms with Crippen molar-refractivity contribution in [2.75, 3.05) is 11.9 Å². The van der Waals surface area contributed by atoms with Crippen molar-refractivity contribution in [2.24, 2.45) is 5.92 Å². The van der Waals surface area contributed by atoms with Crippen LogP contribution in [0.1, 0.15) is 58.9 Å². The first-order valence-corrected chi connectivity index (χ1v) is 11.9. The van der Waals surface area contributed by atoms with E-state index in [0.717, 1.165) is 18.4 Å². The highest BCUT2D eigenvalue weighted by Gasteiger charge is 2.41. The molecule has 3 atom stereocenters. The summed E-state index contributed by atoms with van der Waals surface area (Å²) in [5.74, 6) is 0.0465. The minimum atomic E-state index is -4.81. The number of ether oxygens (including phenoxy) is 2. The van der Waals surface area contributed by atoms with Gasteiger partial charge in [0, 0.05) is 23.9 Å². The number of halogens is 3. The molecule has 11 heteroatoms. The quantitative estimate of drug-likeness (QED) is 0.476. The molecule has 4 rings (SSSR count). The fourth-order valence-electron chi connectivity index (χ4n) is 4.12. The van der Waals surface area contributed by atoms with Crippen molar-refractivity contribution in [3.05, 3.63) is 53.3 Å². The molecule has 0 unspecified atom stereocenters. The highest BCUT2D eigenvalue weighted by Crippen LogP contribution is 2.31. The minimum absolute atomic E-state index is 0.171. The highest BCUT2D eigenvalue weighted by molar-refractivity contribution is 6.05. The van der Waals surface area contributed by atoms with Gasteiger partial charge in [0.2, 0.25) is 0 Å². The Balaban J connectivity index is 1.42. The van der Waals surface area contributed by atoms with Crippen LogP contribution in [0.5, 0.6) is 5.75 Å². The number of alkyl halides is 3. The first-order chi connectivity index (χ1) is 17.1. The zero-order chi connectivity index (χ0) is 25.9. The van der Waals surface area contributed by atoms with Crippen LogP contribution in [0.25, 0.3) is 0 Å². The highest BCUT2D eigenvalue weighted by atomic mass is 19.4. The number of rotatable bonds is 9. The average molecular weight is 508 g/mol. The van der Waals surface area contributed by atoms with Gasteiger partial charge in [0.1, 0.15) is 5.75 Å². The van der Waals surface area contributed by atoms with Crippen LogP contribution in [-0.2, 0) is 11.2 Å². The van der Waals surface area contributed by atoms with E-state index in [9.17, 15) is 27.9 Å². The number of carbonyl (C=O) groups excluding carboxylic acids is 2. The topological polar surface area (TPSA) is 110 Å². The van der Waals surface area contributed by atoms with Gasteiger partial charge >= 0.3 is 6.36 Å². The van der Waals surface area contributed by atoms with Crippen LogP contribution in [0, 0.1) is 5.92 Å². The summed E-state index contributed by atoms with van der Waals surface area (Å²) in [5, 5.41) is 15.5. The molecule has 0 saturated heterocycles. The Kier molecular flexibility index (Phi) is 7.79. The van der Waals surface area contributed by atoms with Crippen LogP contribution in [-0.4, -0.2) is 53.1 Å². The molecule has 2 saturated carbocycles. The van der Waals surface area contributed by atoms with Crippen LogP contribution in [0.3, 0.4) is 0 Å². The van der Waals surface area contributed by atoms with Gasteiger partial charge in [0.05, 0.1) is 36.6 Å². The Bertz CT molecular complexity index is 1110. The lowest BCUT2D eigenvalue weighted by atomic mass is 10.1. The summed E-state index contributed by atoms with van der Waals surface area (Å²) in [6, 6.07) is 5.46. The molecule has 194 valence electrons. The maximum Gasteiger partial charge on any atom is 0.522 e. The van der Waals surface area contributed by atoms with E-state index in [1.807, 2.05) is 6.92 Å². The SMILES string of the molecule is CCc1ccc(C(=O)N[C@H]2C[C@H](OC(F)(F)F)C[C@@H]2O)cc1NC(=O)c1cncc(OCC2CC2)c1. The maximum absolute atomic E-state index is 12.9. The molecule has 3 N–H and O–H groups in total. The molecule has 2 aliphatic carbocycles. The molecule has 2 amide bonds. The molecule has 2 aromatic rings. The third kappa shape index (κ3) is 6.94. The number of carbonyl (C=O) groups is 2. The smallest absolute Gasteiger partial charge is 0.492 e. The predicted molar refractivity (Wildman–Crippen MR) is 124 cm³/mol. The third-order valence-electron chi connectivity index (χ3n) is 6.26. The number of amides is 2. The molecule has 0 aliphatic heterocycles. The van der Waals surface area contributed by atoms with Crippen LogP contribution in [0.4, 0.5) is 18.9 Å². The Morgan fingerprint density at radius 1 is 1.11 bits per heavy atom. The average Bonchev–Trinajstić information content (AvgIpc) is 3.60. The number of aryl methyl sites for hydroxylation is 1. The van der Waals surface area contributed by atoms with Gasteiger partial charge in [-0.15, -0.1) is 13.2 Å². The second-order valence-electron chi connectivity index (χ2n) is 9.15. The lowest BCUT2D eigenvalue weighted by Gasteiger charge is -2.18. The summed E-state index contributed by atoms with van der Waals surface area (Å²) in [5.41, 5.74) is 1.69. The van der Waals surface area contributed by atoms with Crippen LogP contribution in [0.15, 0.2) is 36.7 Å². The van der Waals surface area contributed by atoms with E-state index in [1.54, 1.807) is 24.4 Å². The van der Waals surface area contributed by atoms with Crippen molar-refractivity contribution >= 4 is 17.5 Å². The van der Waals surface area contributed by atoms with Gasteiger partial charge in [-0.25, -0.2) is 0 Å². The number of anilines is 1. The normalized spacial score (nSPS) is 21.8. The first-order valence-electron chi connectivity index (χ1n) is 11.9. The zero-order valence-corrected chi connectivity index (χ0v) is 19.7. The van der Waals surface area contributed by atoms with Crippen molar-refractivity contribution in [1.29, 1.82) is 0 Å². The van der Waals surface area contributed by atoms with Crippen molar-refractivity contribution in [3.63, 3.8) is 0 Å². The van der Waals surface area contributed by atoms with E-state index < -0.39 is 36.4 Å². The third-order valence-corrected chi connectivity index (χ3v) is 6.26. The van der Waals surface area contributed by atoms with Crippen molar-refractivity contribution in [3.8, 4) is 5.75 Å². The number of nitrogens with zero attached hydrogens (tertiary/aromatic N) is 1. The second-order valence-corrected chi connectivity index (χ2v) is 9.15. The van der Waals surface area contributed by atoms with Crippen LogP contribution < -0.4 is 15.4 Å². The molecule has 0 radical (unpaired) electrons. The summed E-state index contributed by atoms with van der Waals surface area (Å²) in [6.07, 6.45) is -1.81. The van der Waals surface area contributed by atoms with E-state index in [2.05, 4.69) is 20.4 Å². The van der Waals surface area contributed by atoms with E-state index in [4.69, 9.17) is 4.74 Å². The summed E-state index contributed by atoms with van der Waals surface area (Å²) >= 11 is 0. The van der Waals surface area contributed by atoms with E-state index in [1.165, 1.54) is 12.3 Å². The molecule has 0 spiro atoms. The number of hydrogen-bond acceptors (Lipinski definition) is 6. The van der Waals surface area contributed by atoms with Crippen LogP contribution in [0.2, 0.25) is 0 Å². The van der Waals surface area contributed by atoms with Gasteiger partial charge in [-0.3, -0.25) is 19.3 Å². The summed E-state index contributed by atoms with van der Waals surface area (Å²) < 4.78 is 47.1. The fraction of sp³-hybridized carbons (Fsp3) is 0.480. The van der Waals surface area contributed by atoms with E-state index >= 15 is 0 Å². The fourth-order valence-corrected chi connectivity index (χ4v) is 4.12. The number of aliphatic hydroxyl groups excluding tert-OH is 1. The summed E-state index contributed by atoms with van der Waals surface area (Å²) in [4.78, 5) is 29.8. The Hall–Kier alpha value is -3.18. The lowest BCUT2D eigenvalue weighted by molar-refractivity contribution is -0.342. The monoisotopic (exact) mass is 507 g/mol. The largest absolute Gasteiger partial charge is 0.522 e. The number of pyridine rings is 1.